The highest BCUT2D eigenvalue weighted by molar-refractivity contribution is 5.71. The van der Waals surface area contributed by atoms with Crippen LogP contribution in [0.15, 0.2) is 29.4 Å². The Hall–Kier alpha value is -1.64. The number of esters is 1. The molecule has 0 radical (unpaired) electrons. The zero-order valence-corrected chi connectivity index (χ0v) is 7.66. The monoisotopic (exact) mass is 193 g/mol. The van der Waals surface area contributed by atoms with Crippen molar-refractivity contribution in [1.29, 1.82) is 0 Å². The van der Waals surface area contributed by atoms with E-state index in [1.807, 2.05) is 12.0 Å². The molecule has 14 heavy (non-hydrogen) atoms. The van der Waals surface area contributed by atoms with Crippen molar-refractivity contribution in [3.8, 4) is 0 Å². The predicted octanol–water partition coefficient (Wildman–Crippen LogP) is 0.133. The van der Waals surface area contributed by atoms with Gasteiger partial charge in [-0.1, -0.05) is 12.2 Å². The molecule has 0 unspecified atom stereocenters. The lowest BCUT2D eigenvalue weighted by Crippen LogP contribution is -2.18. The fourth-order valence-corrected chi connectivity index (χ4v) is 1.06. The van der Waals surface area contributed by atoms with Gasteiger partial charge in [-0.15, -0.1) is 0 Å². The smallest absolute Gasteiger partial charge is 0.320 e. The number of nitrogens with two attached hydrogens (primary N) is 1. The normalized spacial score (nSPS) is 14.6. The molecule has 1 rings (SSSR count). The minimum atomic E-state index is -0.447. The molecule has 0 aromatic rings. The van der Waals surface area contributed by atoms with Gasteiger partial charge in [0.25, 0.3) is 0 Å². The first-order chi connectivity index (χ1) is 6.76. The van der Waals surface area contributed by atoms with Gasteiger partial charge in [-0.25, -0.2) is 4.79 Å². The Bertz CT molecular complexity index is 335. The highest BCUT2D eigenvalue weighted by atomic mass is 16.5. The average Bonchev–Trinajstić information content (AvgIpc) is 2.26. The maximum atomic E-state index is 10.7. The largest absolute Gasteiger partial charge is 0.460 e. The molecule has 0 saturated heterocycles. The molecule has 0 fully saturated rings. The van der Waals surface area contributed by atoms with E-state index in [4.69, 9.17) is 10.5 Å². The van der Waals surface area contributed by atoms with E-state index in [2.05, 4.69) is 0 Å². The van der Waals surface area contributed by atoms with Gasteiger partial charge >= 0.3 is 5.97 Å². The summed E-state index contributed by atoms with van der Waals surface area (Å²) in [6, 6.07) is 0. The van der Waals surface area contributed by atoms with Gasteiger partial charge in [0.15, 0.2) is 0 Å². The van der Waals surface area contributed by atoms with Crippen molar-refractivity contribution >= 4 is 11.9 Å². The Labute approximate surface area is 81.7 Å². The maximum absolute atomic E-state index is 10.7. The first-order valence-electron chi connectivity index (χ1n) is 4.22. The molecule has 1 aliphatic rings. The van der Waals surface area contributed by atoms with Gasteiger partial charge < -0.3 is 10.5 Å². The van der Waals surface area contributed by atoms with Crippen LogP contribution in [-0.2, 0) is 14.3 Å². The van der Waals surface area contributed by atoms with Crippen molar-refractivity contribution in [2.75, 3.05) is 13.2 Å². The maximum Gasteiger partial charge on any atom is 0.320 e. The zero-order chi connectivity index (χ0) is 10.4. The Kier molecular flexibility index (Phi) is 3.85. The van der Waals surface area contributed by atoms with Crippen LogP contribution in [0.5, 0.6) is 0 Å². The van der Waals surface area contributed by atoms with Crippen molar-refractivity contribution in [3.63, 3.8) is 0 Å². The Morgan fingerprint density at radius 3 is 3.07 bits per heavy atom. The van der Waals surface area contributed by atoms with Crippen LogP contribution in [-0.4, -0.2) is 25.1 Å². The molecule has 0 saturated carbocycles. The Morgan fingerprint density at radius 1 is 1.64 bits per heavy atom. The number of allylic oxidation sites excluding steroid dienone is 4. The van der Waals surface area contributed by atoms with Crippen molar-refractivity contribution in [2.24, 2.45) is 5.73 Å². The van der Waals surface area contributed by atoms with E-state index < -0.39 is 5.97 Å². The van der Waals surface area contributed by atoms with Gasteiger partial charge in [-0.05, 0) is 11.6 Å². The van der Waals surface area contributed by atoms with Crippen LogP contribution < -0.4 is 5.73 Å². The summed E-state index contributed by atoms with van der Waals surface area (Å²) < 4.78 is 4.81. The van der Waals surface area contributed by atoms with Crippen LogP contribution in [0.3, 0.4) is 0 Å². The van der Waals surface area contributed by atoms with Gasteiger partial charge in [-0.2, -0.15) is 0 Å². The summed E-state index contributed by atoms with van der Waals surface area (Å²) in [7, 11) is 0. The third-order valence-electron chi connectivity index (χ3n) is 1.76. The molecule has 4 heteroatoms. The Balaban J connectivity index is 2.47. The average molecular weight is 193 g/mol. The van der Waals surface area contributed by atoms with Gasteiger partial charge in [0.05, 0.1) is 6.54 Å². The van der Waals surface area contributed by atoms with E-state index in [0.29, 0.717) is 12.0 Å². The molecule has 0 aromatic carbocycles. The molecule has 0 spiro atoms. The highest BCUT2D eigenvalue weighted by Gasteiger charge is 2.07. The van der Waals surface area contributed by atoms with Gasteiger partial charge in [0, 0.05) is 12.0 Å². The summed E-state index contributed by atoms with van der Waals surface area (Å²) in [5, 5.41) is 0. The molecule has 2 N–H and O–H groups in total. The number of hydrogen-bond acceptors (Lipinski definition) is 4. The van der Waals surface area contributed by atoms with Crippen molar-refractivity contribution in [1.82, 2.24) is 0 Å². The molecule has 0 amide bonds. The molecule has 74 valence electrons. The van der Waals surface area contributed by atoms with Crippen LogP contribution in [0.25, 0.3) is 0 Å². The molecule has 0 atom stereocenters. The highest BCUT2D eigenvalue weighted by Crippen LogP contribution is 2.15. The quantitative estimate of drug-likeness (QED) is 0.511. The third kappa shape index (κ3) is 3.01. The topological polar surface area (TPSA) is 69.4 Å². The second-order valence-electron chi connectivity index (χ2n) is 2.85. The fourth-order valence-electron chi connectivity index (χ4n) is 1.06. The van der Waals surface area contributed by atoms with Crippen LogP contribution in [0.4, 0.5) is 0 Å². The summed E-state index contributed by atoms with van der Waals surface area (Å²) in [6.07, 6.45) is 5.71. The van der Waals surface area contributed by atoms with E-state index in [0.717, 1.165) is 5.57 Å². The van der Waals surface area contributed by atoms with E-state index >= 15 is 0 Å². The minimum absolute atomic E-state index is 0.125. The van der Waals surface area contributed by atoms with Crippen molar-refractivity contribution in [3.05, 3.63) is 29.4 Å². The first-order valence-corrected chi connectivity index (χ1v) is 4.22. The standard InChI is InChI=1S/C10H11NO3/c11-5-10(13)14-7-9-3-1-2-8(4-9)6-12/h1-3H,4-5,7,11H2. The van der Waals surface area contributed by atoms with E-state index in [9.17, 15) is 9.59 Å². The molecule has 0 bridgehead atoms. The van der Waals surface area contributed by atoms with Gasteiger partial charge in [0.1, 0.15) is 12.5 Å². The molecule has 0 aliphatic heterocycles. The van der Waals surface area contributed by atoms with Crippen LogP contribution >= 0.6 is 0 Å². The summed E-state index contributed by atoms with van der Waals surface area (Å²) in [6.45, 7) is 0.0606. The molecule has 0 aromatic heterocycles. The number of hydrogen-bond donors (Lipinski definition) is 1. The van der Waals surface area contributed by atoms with E-state index in [1.54, 1.807) is 12.2 Å². The molecular formula is C10H11NO3. The van der Waals surface area contributed by atoms with Crippen LogP contribution in [0.1, 0.15) is 6.42 Å². The van der Waals surface area contributed by atoms with Gasteiger partial charge in [0.2, 0.25) is 0 Å². The SMILES string of the molecule is NCC(=O)OCC1=CC=CC(=C=O)C1. The van der Waals surface area contributed by atoms with Crippen LogP contribution in [0.2, 0.25) is 0 Å². The minimum Gasteiger partial charge on any atom is -0.460 e. The summed E-state index contributed by atoms with van der Waals surface area (Å²) >= 11 is 0. The lowest BCUT2D eigenvalue weighted by atomic mass is 10.0. The Morgan fingerprint density at radius 2 is 2.43 bits per heavy atom. The zero-order valence-electron chi connectivity index (χ0n) is 7.66. The van der Waals surface area contributed by atoms with E-state index in [1.165, 1.54) is 0 Å². The van der Waals surface area contributed by atoms with Crippen molar-refractivity contribution in [2.45, 2.75) is 6.42 Å². The third-order valence-corrected chi connectivity index (χ3v) is 1.76. The lowest BCUT2D eigenvalue weighted by Gasteiger charge is -2.09. The number of carbonyl (C=O) groups is 1. The molecule has 0 heterocycles. The van der Waals surface area contributed by atoms with Crippen LogP contribution in [0, 0.1) is 0 Å². The van der Waals surface area contributed by atoms with E-state index in [-0.39, 0.29) is 13.2 Å². The number of carbonyl (C=O) groups excluding carboxylic acids is 2. The fraction of sp³-hybridized carbons (Fsp3) is 0.300. The molecule has 4 nitrogen and oxygen atoms in total. The van der Waals surface area contributed by atoms with Crippen molar-refractivity contribution < 1.29 is 14.3 Å². The van der Waals surface area contributed by atoms with Gasteiger partial charge in [-0.3, -0.25) is 4.79 Å². The lowest BCUT2D eigenvalue weighted by molar-refractivity contribution is -0.140. The summed E-state index contributed by atoms with van der Waals surface area (Å²) in [4.78, 5) is 21.1. The molecule has 1 aliphatic carbocycles. The molecular weight excluding hydrogens is 182 g/mol. The summed E-state index contributed by atoms with van der Waals surface area (Å²) in [5.41, 5.74) is 6.50. The number of ether oxygens (including phenoxy) is 1. The number of rotatable bonds is 3. The second-order valence-corrected chi connectivity index (χ2v) is 2.85. The first kappa shape index (κ1) is 10.4. The predicted molar refractivity (Wildman–Crippen MR) is 51.1 cm³/mol. The second kappa shape index (κ2) is 5.17. The summed E-state index contributed by atoms with van der Waals surface area (Å²) in [5.74, 6) is 1.36.